The molecule has 0 fully saturated rings. The van der Waals surface area contributed by atoms with Crippen molar-refractivity contribution in [3.8, 4) is 0 Å². The van der Waals surface area contributed by atoms with Crippen molar-refractivity contribution in [3.63, 3.8) is 0 Å². The Morgan fingerprint density at radius 3 is 2.61 bits per heavy atom. The Morgan fingerprint density at radius 1 is 1.33 bits per heavy atom. The van der Waals surface area contributed by atoms with Gasteiger partial charge in [0.25, 0.3) is 0 Å². The minimum atomic E-state index is -0.630. The zero-order chi connectivity index (χ0) is 13.3. The fraction of sp³-hybridized carbons (Fsp3) is 0.357. The van der Waals surface area contributed by atoms with Crippen LogP contribution < -0.4 is 0 Å². The fourth-order valence-corrected chi connectivity index (χ4v) is 2.76. The largest absolute Gasteiger partial charge is 0.388 e. The van der Waals surface area contributed by atoms with Crippen molar-refractivity contribution in [2.75, 3.05) is 0 Å². The summed E-state index contributed by atoms with van der Waals surface area (Å²) < 4.78 is 13.2. The third-order valence-corrected chi connectivity index (χ3v) is 4.10. The predicted molar refractivity (Wildman–Crippen MR) is 71.4 cm³/mol. The smallest absolute Gasteiger partial charge is 0.126 e. The van der Waals surface area contributed by atoms with Crippen LogP contribution in [0.1, 0.15) is 32.8 Å². The highest BCUT2D eigenvalue weighted by atomic mass is 32.1. The molecule has 0 aliphatic heterocycles. The van der Waals surface area contributed by atoms with Crippen LogP contribution in [0.5, 0.6) is 0 Å². The Hall–Kier alpha value is -1.26. The predicted octanol–water partition coefficient (Wildman–Crippen LogP) is 3.48. The molecule has 1 aromatic heterocycles. The maximum absolute atomic E-state index is 13.2. The molecular weight excluding hydrogens is 249 g/mol. The summed E-state index contributed by atoms with van der Waals surface area (Å²) in [4.78, 5) is 5.57. The molecule has 1 aromatic carbocycles. The summed E-state index contributed by atoms with van der Waals surface area (Å²) in [6.45, 7) is 5.68. The highest BCUT2D eigenvalue weighted by molar-refractivity contribution is 7.11. The second-order valence-electron chi connectivity index (χ2n) is 4.48. The maximum Gasteiger partial charge on any atom is 0.126 e. The Bertz CT molecular complexity index is 545. The van der Waals surface area contributed by atoms with Gasteiger partial charge in [0.15, 0.2) is 0 Å². The molecule has 2 aromatic rings. The molecule has 0 aliphatic carbocycles. The number of hydrogen-bond acceptors (Lipinski definition) is 3. The molecule has 96 valence electrons. The Balaban J connectivity index is 2.16. The highest BCUT2D eigenvalue weighted by Gasteiger charge is 2.13. The highest BCUT2D eigenvalue weighted by Crippen LogP contribution is 2.24. The molecule has 4 heteroatoms. The molecule has 0 amide bonds. The summed E-state index contributed by atoms with van der Waals surface area (Å²) in [7, 11) is 0. The van der Waals surface area contributed by atoms with Gasteiger partial charge >= 0.3 is 0 Å². The molecule has 2 nitrogen and oxygen atoms in total. The molecule has 0 saturated heterocycles. The van der Waals surface area contributed by atoms with Crippen molar-refractivity contribution in [1.29, 1.82) is 0 Å². The van der Waals surface area contributed by atoms with Crippen LogP contribution in [0.2, 0.25) is 0 Å². The number of halogens is 1. The van der Waals surface area contributed by atoms with Crippen molar-refractivity contribution >= 4 is 11.3 Å². The number of hydrogen-bond donors (Lipinski definition) is 1. The summed E-state index contributed by atoms with van der Waals surface area (Å²) in [5.74, 6) is -0.244. The van der Waals surface area contributed by atoms with E-state index >= 15 is 0 Å². The van der Waals surface area contributed by atoms with Gasteiger partial charge < -0.3 is 5.11 Å². The van der Waals surface area contributed by atoms with Crippen LogP contribution in [0.3, 0.4) is 0 Å². The van der Waals surface area contributed by atoms with Crippen LogP contribution >= 0.6 is 11.3 Å². The lowest BCUT2D eigenvalue weighted by atomic mass is 10.0. The Labute approximate surface area is 110 Å². The van der Waals surface area contributed by atoms with Crippen LogP contribution in [0.15, 0.2) is 18.2 Å². The third-order valence-electron chi connectivity index (χ3n) is 3.01. The van der Waals surface area contributed by atoms with Gasteiger partial charge in [0, 0.05) is 11.3 Å². The first kappa shape index (κ1) is 13.2. The van der Waals surface area contributed by atoms with E-state index in [2.05, 4.69) is 4.98 Å². The van der Waals surface area contributed by atoms with Gasteiger partial charge in [0.2, 0.25) is 0 Å². The van der Waals surface area contributed by atoms with Crippen molar-refractivity contribution in [2.24, 2.45) is 0 Å². The minimum Gasteiger partial charge on any atom is -0.388 e. The van der Waals surface area contributed by atoms with Gasteiger partial charge in [0.05, 0.1) is 16.8 Å². The lowest BCUT2D eigenvalue weighted by Gasteiger charge is -2.10. The van der Waals surface area contributed by atoms with E-state index in [0.717, 1.165) is 16.3 Å². The number of aryl methyl sites for hydroxylation is 3. The van der Waals surface area contributed by atoms with E-state index in [1.807, 2.05) is 13.8 Å². The van der Waals surface area contributed by atoms with Gasteiger partial charge in [-0.05, 0) is 38.0 Å². The van der Waals surface area contributed by atoms with E-state index < -0.39 is 6.10 Å². The van der Waals surface area contributed by atoms with Crippen molar-refractivity contribution in [1.82, 2.24) is 4.98 Å². The minimum absolute atomic E-state index is 0.244. The van der Waals surface area contributed by atoms with Gasteiger partial charge in [-0.25, -0.2) is 9.37 Å². The van der Waals surface area contributed by atoms with Gasteiger partial charge in [-0.1, -0.05) is 12.1 Å². The summed E-state index contributed by atoms with van der Waals surface area (Å²) in [6, 6.07) is 4.71. The molecule has 0 saturated carbocycles. The molecule has 18 heavy (non-hydrogen) atoms. The number of aliphatic hydroxyl groups excluding tert-OH is 1. The molecule has 1 unspecified atom stereocenters. The molecule has 1 heterocycles. The van der Waals surface area contributed by atoms with Crippen LogP contribution in [0, 0.1) is 26.6 Å². The van der Waals surface area contributed by atoms with Gasteiger partial charge in [-0.2, -0.15) is 0 Å². The molecule has 0 bridgehead atoms. The number of benzene rings is 1. The average molecular weight is 265 g/mol. The second-order valence-corrected chi connectivity index (χ2v) is 5.77. The number of aromatic nitrogens is 1. The van der Waals surface area contributed by atoms with E-state index in [4.69, 9.17) is 0 Å². The number of nitrogens with zero attached hydrogens (tertiary/aromatic N) is 1. The van der Waals surface area contributed by atoms with Crippen LogP contribution in [-0.2, 0) is 6.42 Å². The lowest BCUT2D eigenvalue weighted by molar-refractivity contribution is 0.178. The molecular formula is C14H16FNOS. The van der Waals surface area contributed by atoms with Crippen molar-refractivity contribution in [2.45, 2.75) is 33.3 Å². The first-order valence-electron chi connectivity index (χ1n) is 5.84. The topological polar surface area (TPSA) is 33.1 Å². The van der Waals surface area contributed by atoms with Crippen LogP contribution in [0.25, 0.3) is 0 Å². The van der Waals surface area contributed by atoms with Crippen LogP contribution in [0.4, 0.5) is 4.39 Å². The lowest BCUT2D eigenvalue weighted by Crippen LogP contribution is -2.02. The molecule has 1 N–H and O–H groups in total. The first-order valence-corrected chi connectivity index (χ1v) is 6.66. The molecule has 0 spiro atoms. The Morgan fingerprint density at radius 2 is 2.06 bits per heavy atom. The van der Waals surface area contributed by atoms with E-state index in [-0.39, 0.29) is 5.82 Å². The summed E-state index contributed by atoms with van der Waals surface area (Å²) in [6.07, 6.45) is -0.154. The standard InChI is InChI=1S/C14H16FNOS/c1-8-6-11(4-5-12(8)15)13(17)7-14-16-9(2)10(3)18-14/h4-6,13,17H,7H2,1-3H3. The zero-order valence-electron chi connectivity index (χ0n) is 10.7. The van der Waals surface area contributed by atoms with E-state index in [1.165, 1.54) is 10.9 Å². The molecule has 2 rings (SSSR count). The van der Waals surface area contributed by atoms with Crippen LogP contribution in [-0.4, -0.2) is 10.1 Å². The van der Waals surface area contributed by atoms with Gasteiger partial charge in [-0.15, -0.1) is 11.3 Å². The zero-order valence-corrected chi connectivity index (χ0v) is 11.5. The van der Waals surface area contributed by atoms with E-state index in [0.29, 0.717) is 12.0 Å². The van der Waals surface area contributed by atoms with Crippen molar-refractivity contribution in [3.05, 3.63) is 50.7 Å². The molecule has 0 radical (unpaired) electrons. The summed E-state index contributed by atoms with van der Waals surface area (Å²) >= 11 is 1.60. The summed E-state index contributed by atoms with van der Waals surface area (Å²) in [5, 5.41) is 11.0. The average Bonchev–Trinajstić information content (AvgIpc) is 2.61. The second kappa shape index (κ2) is 5.16. The monoisotopic (exact) mass is 265 g/mol. The number of thiazole rings is 1. The molecule has 0 aliphatic rings. The SMILES string of the molecule is Cc1cc(C(O)Cc2nc(C)c(C)s2)ccc1F. The quantitative estimate of drug-likeness (QED) is 0.921. The summed E-state index contributed by atoms with van der Waals surface area (Å²) in [5.41, 5.74) is 2.30. The Kier molecular flexibility index (Phi) is 3.78. The number of aliphatic hydroxyl groups is 1. The van der Waals surface area contributed by atoms with Crippen molar-refractivity contribution < 1.29 is 9.50 Å². The number of rotatable bonds is 3. The normalized spacial score (nSPS) is 12.7. The van der Waals surface area contributed by atoms with Gasteiger partial charge in [0.1, 0.15) is 5.82 Å². The fourth-order valence-electron chi connectivity index (χ4n) is 1.78. The van der Waals surface area contributed by atoms with Gasteiger partial charge in [-0.3, -0.25) is 0 Å². The maximum atomic E-state index is 13.2. The molecule has 1 atom stereocenters. The third kappa shape index (κ3) is 2.76. The van der Waals surface area contributed by atoms with E-state index in [1.54, 1.807) is 30.4 Å². The first-order chi connectivity index (χ1) is 8.47. The van der Waals surface area contributed by atoms with E-state index in [9.17, 15) is 9.50 Å².